The van der Waals surface area contributed by atoms with Crippen LogP contribution in [0.15, 0.2) is 0 Å². The Kier molecular flexibility index (Phi) is 3.15. The van der Waals surface area contributed by atoms with Crippen LogP contribution in [0.25, 0.3) is 0 Å². The van der Waals surface area contributed by atoms with Crippen molar-refractivity contribution in [3.05, 3.63) is 0 Å². The molecule has 3 fully saturated rings. The summed E-state index contributed by atoms with van der Waals surface area (Å²) in [5.74, 6) is 0.246. The molecule has 3 aliphatic heterocycles. The minimum absolute atomic E-state index is 0.175. The maximum Gasteiger partial charge on any atom is 0.0684 e. The molecule has 3 rings (SSSR count). The molecule has 4 heteroatoms. The molecule has 0 aromatic carbocycles. The molecule has 0 spiro atoms. The van der Waals surface area contributed by atoms with Crippen molar-refractivity contribution in [2.24, 2.45) is 17.1 Å². The van der Waals surface area contributed by atoms with E-state index in [-0.39, 0.29) is 23.5 Å². The standard InChI is InChI=1S/C13H23NO3/c14-8-13(6-10-3-4-11(13)17-10)12(15)9-2-1-5-16-7-9/h9-12,15H,1-8,14H2. The Labute approximate surface area is 102 Å². The summed E-state index contributed by atoms with van der Waals surface area (Å²) in [6.45, 7) is 2.05. The number of fused-ring (bicyclic) bond motifs is 2. The van der Waals surface area contributed by atoms with E-state index < -0.39 is 0 Å². The van der Waals surface area contributed by atoms with Crippen LogP contribution in [0.4, 0.5) is 0 Å². The molecule has 0 aliphatic carbocycles. The first-order chi connectivity index (χ1) is 8.26. The average Bonchev–Trinajstić information content (AvgIpc) is 2.99. The largest absolute Gasteiger partial charge is 0.392 e. The van der Waals surface area contributed by atoms with Gasteiger partial charge in [0.25, 0.3) is 0 Å². The van der Waals surface area contributed by atoms with E-state index in [4.69, 9.17) is 15.2 Å². The van der Waals surface area contributed by atoms with E-state index in [9.17, 15) is 5.11 Å². The number of hydrogen-bond acceptors (Lipinski definition) is 4. The molecule has 3 heterocycles. The molecule has 3 saturated heterocycles. The summed E-state index contributed by atoms with van der Waals surface area (Å²) in [6, 6.07) is 0. The third-order valence-corrected chi connectivity index (χ3v) is 4.97. The molecule has 0 aromatic rings. The van der Waals surface area contributed by atoms with Crippen LogP contribution in [0.3, 0.4) is 0 Å². The van der Waals surface area contributed by atoms with Crippen LogP contribution in [-0.4, -0.2) is 43.2 Å². The minimum atomic E-state index is -0.358. The van der Waals surface area contributed by atoms with Crippen LogP contribution in [0.2, 0.25) is 0 Å². The summed E-state index contributed by atoms with van der Waals surface area (Å²) in [4.78, 5) is 0. The first kappa shape index (κ1) is 11.9. The van der Waals surface area contributed by atoms with Crippen molar-refractivity contribution in [3.63, 3.8) is 0 Å². The lowest BCUT2D eigenvalue weighted by Crippen LogP contribution is -2.53. The Morgan fingerprint density at radius 2 is 2.24 bits per heavy atom. The molecule has 98 valence electrons. The number of rotatable bonds is 3. The fourth-order valence-electron chi connectivity index (χ4n) is 3.96. The molecule has 3 N–H and O–H groups in total. The summed E-state index contributed by atoms with van der Waals surface area (Å²) >= 11 is 0. The van der Waals surface area contributed by atoms with Gasteiger partial charge in [-0.3, -0.25) is 0 Å². The van der Waals surface area contributed by atoms with Gasteiger partial charge in [-0.2, -0.15) is 0 Å². The van der Waals surface area contributed by atoms with Gasteiger partial charge in [-0.15, -0.1) is 0 Å². The van der Waals surface area contributed by atoms with Gasteiger partial charge < -0.3 is 20.3 Å². The number of hydrogen-bond donors (Lipinski definition) is 2. The summed E-state index contributed by atoms with van der Waals surface area (Å²) in [5, 5.41) is 10.7. The Bertz CT molecular complexity index is 280. The maximum absolute atomic E-state index is 10.7. The predicted molar refractivity (Wildman–Crippen MR) is 63.5 cm³/mol. The van der Waals surface area contributed by atoms with Crippen molar-refractivity contribution in [1.29, 1.82) is 0 Å². The van der Waals surface area contributed by atoms with Gasteiger partial charge in [-0.1, -0.05) is 0 Å². The topological polar surface area (TPSA) is 64.7 Å². The lowest BCUT2D eigenvalue weighted by atomic mass is 9.66. The second-order valence-corrected chi connectivity index (χ2v) is 5.89. The van der Waals surface area contributed by atoms with E-state index in [1.807, 2.05) is 0 Å². The van der Waals surface area contributed by atoms with Gasteiger partial charge in [-0.25, -0.2) is 0 Å². The highest BCUT2D eigenvalue weighted by atomic mass is 16.5. The van der Waals surface area contributed by atoms with Crippen LogP contribution >= 0.6 is 0 Å². The first-order valence-electron chi connectivity index (χ1n) is 6.87. The second-order valence-electron chi connectivity index (χ2n) is 5.89. The Morgan fingerprint density at radius 1 is 1.35 bits per heavy atom. The number of ether oxygens (including phenoxy) is 2. The fourth-order valence-corrected chi connectivity index (χ4v) is 3.96. The smallest absolute Gasteiger partial charge is 0.0684 e. The monoisotopic (exact) mass is 241 g/mol. The molecule has 0 aromatic heterocycles. The van der Waals surface area contributed by atoms with Gasteiger partial charge in [0, 0.05) is 24.5 Å². The molecular weight excluding hydrogens is 218 g/mol. The highest BCUT2D eigenvalue weighted by Gasteiger charge is 2.56. The predicted octanol–water partition coefficient (Wildman–Crippen LogP) is 0.670. The number of nitrogens with two attached hydrogens (primary N) is 1. The van der Waals surface area contributed by atoms with E-state index in [1.54, 1.807) is 0 Å². The van der Waals surface area contributed by atoms with Gasteiger partial charge in [0.1, 0.15) is 0 Å². The Balaban J connectivity index is 1.75. The molecule has 5 unspecified atom stereocenters. The average molecular weight is 241 g/mol. The van der Waals surface area contributed by atoms with Crippen LogP contribution in [0, 0.1) is 11.3 Å². The number of aliphatic hydroxyl groups is 1. The second kappa shape index (κ2) is 4.50. The van der Waals surface area contributed by atoms with Crippen molar-refractivity contribution < 1.29 is 14.6 Å². The molecular formula is C13H23NO3. The van der Waals surface area contributed by atoms with Crippen LogP contribution < -0.4 is 5.73 Å². The molecule has 2 bridgehead atoms. The number of aliphatic hydroxyl groups excluding tert-OH is 1. The summed E-state index contributed by atoms with van der Waals surface area (Å²) in [5.41, 5.74) is 5.78. The van der Waals surface area contributed by atoms with E-state index >= 15 is 0 Å². The van der Waals surface area contributed by atoms with Gasteiger partial charge >= 0.3 is 0 Å². The Hall–Kier alpha value is -0.160. The lowest BCUT2D eigenvalue weighted by Gasteiger charge is -2.43. The van der Waals surface area contributed by atoms with E-state index in [0.717, 1.165) is 38.7 Å². The van der Waals surface area contributed by atoms with Crippen LogP contribution in [0.1, 0.15) is 32.1 Å². The zero-order valence-electron chi connectivity index (χ0n) is 10.3. The highest BCUT2D eigenvalue weighted by molar-refractivity contribution is 5.06. The fraction of sp³-hybridized carbons (Fsp3) is 1.00. The van der Waals surface area contributed by atoms with Crippen molar-refractivity contribution in [2.75, 3.05) is 19.8 Å². The van der Waals surface area contributed by atoms with Crippen molar-refractivity contribution >= 4 is 0 Å². The van der Waals surface area contributed by atoms with Gasteiger partial charge in [0.05, 0.1) is 24.9 Å². The van der Waals surface area contributed by atoms with Crippen molar-refractivity contribution in [1.82, 2.24) is 0 Å². The van der Waals surface area contributed by atoms with Gasteiger partial charge in [0.2, 0.25) is 0 Å². The zero-order valence-corrected chi connectivity index (χ0v) is 10.3. The highest BCUT2D eigenvalue weighted by Crippen LogP contribution is 2.51. The summed E-state index contributed by atoms with van der Waals surface area (Å²) in [7, 11) is 0. The van der Waals surface area contributed by atoms with E-state index in [0.29, 0.717) is 19.3 Å². The third kappa shape index (κ3) is 1.82. The SMILES string of the molecule is NCC1(C(O)C2CCCOC2)CC2CCC1O2. The van der Waals surface area contributed by atoms with Crippen molar-refractivity contribution in [3.8, 4) is 0 Å². The lowest BCUT2D eigenvalue weighted by molar-refractivity contribution is -0.0904. The Morgan fingerprint density at radius 3 is 2.76 bits per heavy atom. The molecule has 17 heavy (non-hydrogen) atoms. The van der Waals surface area contributed by atoms with Crippen molar-refractivity contribution in [2.45, 2.75) is 50.4 Å². The van der Waals surface area contributed by atoms with Gasteiger partial charge in [0.15, 0.2) is 0 Å². The molecule has 3 aliphatic rings. The molecule has 0 radical (unpaired) electrons. The van der Waals surface area contributed by atoms with E-state index in [1.165, 1.54) is 0 Å². The van der Waals surface area contributed by atoms with E-state index in [2.05, 4.69) is 0 Å². The summed E-state index contributed by atoms with van der Waals surface area (Å²) < 4.78 is 11.4. The van der Waals surface area contributed by atoms with Gasteiger partial charge in [-0.05, 0) is 32.1 Å². The normalized spacial score (nSPS) is 47.3. The summed E-state index contributed by atoms with van der Waals surface area (Å²) in [6.07, 6.45) is 5.40. The van der Waals surface area contributed by atoms with Crippen LogP contribution in [-0.2, 0) is 9.47 Å². The molecule has 0 amide bonds. The maximum atomic E-state index is 10.7. The third-order valence-electron chi connectivity index (χ3n) is 4.97. The zero-order chi connectivity index (χ0) is 11.9. The first-order valence-corrected chi connectivity index (χ1v) is 6.87. The van der Waals surface area contributed by atoms with Crippen LogP contribution in [0.5, 0.6) is 0 Å². The molecule has 0 saturated carbocycles. The molecule has 4 nitrogen and oxygen atoms in total. The minimum Gasteiger partial charge on any atom is -0.392 e. The molecule has 5 atom stereocenters. The quantitative estimate of drug-likeness (QED) is 0.762.